The Balaban J connectivity index is 1.60. The van der Waals surface area contributed by atoms with Crippen LogP contribution in [0.25, 0.3) is 0 Å². The second-order valence-electron chi connectivity index (χ2n) is 7.12. The Morgan fingerprint density at radius 3 is 2.50 bits per heavy atom. The highest BCUT2D eigenvalue weighted by atomic mass is 35.5. The molecule has 30 heavy (non-hydrogen) atoms. The maximum absolute atomic E-state index is 13.0. The van der Waals surface area contributed by atoms with Gasteiger partial charge in [0.15, 0.2) is 6.61 Å². The van der Waals surface area contributed by atoms with Gasteiger partial charge in [0.25, 0.3) is 11.8 Å². The van der Waals surface area contributed by atoms with Crippen LogP contribution in [-0.2, 0) is 11.2 Å². The van der Waals surface area contributed by atoms with Crippen LogP contribution in [0.5, 0.6) is 11.5 Å². The normalized spacial score (nSPS) is 14.2. The van der Waals surface area contributed by atoms with E-state index in [1.807, 2.05) is 24.3 Å². The van der Waals surface area contributed by atoms with Crippen molar-refractivity contribution in [1.82, 2.24) is 9.80 Å². The van der Waals surface area contributed by atoms with Gasteiger partial charge in [0.1, 0.15) is 11.5 Å². The first-order valence-electron chi connectivity index (χ1n) is 10.1. The van der Waals surface area contributed by atoms with Gasteiger partial charge >= 0.3 is 0 Å². The van der Waals surface area contributed by atoms with E-state index in [1.54, 1.807) is 28.0 Å². The highest BCUT2D eigenvalue weighted by Crippen LogP contribution is 2.24. The topological polar surface area (TPSA) is 59.1 Å². The molecule has 1 fully saturated rings. The number of carbonyl (C=O) groups excluding carboxylic acids is 2. The molecular formula is C23H27ClN2O4. The molecule has 0 unspecified atom stereocenters. The smallest absolute Gasteiger partial charge is 0.260 e. The van der Waals surface area contributed by atoms with E-state index in [9.17, 15) is 9.59 Å². The van der Waals surface area contributed by atoms with E-state index in [4.69, 9.17) is 21.1 Å². The minimum absolute atomic E-state index is 0.00687. The Hall–Kier alpha value is -2.73. The molecule has 1 aliphatic heterocycles. The van der Waals surface area contributed by atoms with Crippen LogP contribution >= 0.6 is 11.6 Å². The summed E-state index contributed by atoms with van der Waals surface area (Å²) >= 11 is 6.07. The lowest BCUT2D eigenvalue weighted by atomic mass is 10.1. The Labute approximate surface area is 182 Å². The number of halogens is 1. The summed E-state index contributed by atoms with van der Waals surface area (Å²) in [6.45, 7) is 4.12. The second kappa shape index (κ2) is 10.3. The van der Waals surface area contributed by atoms with Crippen LogP contribution in [0.3, 0.4) is 0 Å². The Kier molecular flexibility index (Phi) is 7.57. The van der Waals surface area contributed by atoms with Crippen molar-refractivity contribution in [3.63, 3.8) is 0 Å². The van der Waals surface area contributed by atoms with Gasteiger partial charge in [0, 0.05) is 31.2 Å². The quantitative estimate of drug-likeness (QED) is 0.701. The molecule has 1 saturated heterocycles. The lowest BCUT2D eigenvalue weighted by Gasteiger charge is -2.23. The van der Waals surface area contributed by atoms with Crippen LogP contribution in [-0.4, -0.2) is 61.5 Å². The third-order valence-corrected chi connectivity index (χ3v) is 5.47. The number of para-hydroxylation sites is 1. The lowest BCUT2D eigenvalue weighted by Crippen LogP contribution is -2.39. The van der Waals surface area contributed by atoms with Crippen LogP contribution in [0.4, 0.5) is 0 Å². The highest BCUT2D eigenvalue weighted by Gasteiger charge is 2.25. The molecule has 0 bridgehead atoms. The predicted molar refractivity (Wildman–Crippen MR) is 116 cm³/mol. The molecule has 2 aromatic rings. The van der Waals surface area contributed by atoms with E-state index >= 15 is 0 Å². The van der Waals surface area contributed by atoms with E-state index in [2.05, 4.69) is 6.92 Å². The molecule has 1 aliphatic rings. The molecule has 0 N–H and O–H groups in total. The minimum atomic E-state index is -0.142. The van der Waals surface area contributed by atoms with Crippen LogP contribution in [0.1, 0.15) is 29.3 Å². The van der Waals surface area contributed by atoms with E-state index in [0.717, 1.165) is 17.7 Å². The van der Waals surface area contributed by atoms with Crippen molar-refractivity contribution in [3.05, 3.63) is 58.6 Å². The monoisotopic (exact) mass is 430 g/mol. The summed E-state index contributed by atoms with van der Waals surface area (Å²) in [5.74, 6) is 1.02. The van der Waals surface area contributed by atoms with E-state index in [-0.39, 0.29) is 18.4 Å². The Bertz CT molecular complexity index is 903. The van der Waals surface area contributed by atoms with Crippen LogP contribution < -0.4 is 9.47 Å². The van der Waals surface area contributed by atoms with Crippen molar-refractivity contribution >= 4 is 23.4 Å². The number of aryl methyl sites for hydroxylation is 1. The van der Waals surface area contributed by atoms with Crippen molar-refractivity contribution in [2.75, 3.05) is 39.9 Å². The van der Waals surface area contributed by atoms with Crippen LogP contribution in [0.2, 0.25) is 5.02 Å². The summed E-state index contributed by atoms with van der Waals surface area (Å²) in [4.78, 5) is 29.2. The maximum atomic E-state index is 13.0. The van der Waals surface area contributed by atoms with Gasteiger partial charge in [-0.25, -0.2) is 0 Å². The standard InChI is InChI=1S/C23H27ClN2O4/c1-3-17-7-4-5-8-20(17)30-16-22(27)25-11-6-12-26(14-13-25)23(28)19-15-18(24)9-10-21(19)29-2/h4-5,7-10,15H,3,6,11-14,16H2,1-2H3. The van der Waals surface area contributed by atoms with Gasteiger partial charge in [0.05, 0.1) is 12.7 Å². The number of hydrogen-bond acceptors (Lipinski definition) is 4. The van der Waals surface area contributed by atoms with E-state index in [0.29, 0.717) is 48.9 Å². The molecule has 3 rings (SSSR count). The van der Waals surface area contributed by atoms with Gasteiger partial charge in [0.2, 0.25) is 0 Å². The van der Waals surface area contributed by atoms with Crippen molar-refractivity contribution in [1.29, 1.82) is 0 Å². The van der Waals surface area contributed by atoms with Crippen molar-refractivity contribution in [2.45, 2.75) is 19.8 Å². The zero-order valence-electron chi connectivity index (χ0n) is 17.4. The van der Waals surface area contributed by atoms with Gasteiger partial charge in [-0.05, 0) is 42.7 Å². The Morgan fingerprint density at radius 1 is 1.00 bits per heavy atom. The molecule has 1 heterocycles. The van der Waals surface area contributed by atoms with Gasteiger partial charge in [-0.1, -0.05) is 36.7 Å². The van der Waals surface area contributed by atoms with Gasteiger partial charge in [-0.2, -0.15) is 0 Å². The molecule has 160 valence electrons. The van der Waals surface area contributed by atoms with Gasteiger partial charge in [-0.15, -0.1) is 0 Å². The SMILES string of the molecule is CCc1ccccc1OCC(=O)N1CCCN(C(=O)c2cc(Cl)ccc2OC)CC1. The number of methoxy groups -OCH3 is 1. The van der Waals surface area contributed by atoms with Crippen molar-refractivity contribution in [3.8, 4) is 11.5 Å². The van der Waals surface area contributed by atoms with Gasteiger partial charge < -0.3 is 19.3 Å². The predicted octanol–water partition coefficient (Wildman–Crippen LogP) is 3.66. The number of benzene rings is 2. The summed E-state index contributed by atoms with van der Waals surface area (Å²) in [6.07, 6.45) is 1.55. The largest absolute Gasteiger partial charge is 0.496 e. The first-order chi connectivity index (χ1) is 14.5. The number of rotatable bonds is 6. The summed E-state index contributed by atoms with van der Waals surface area (Å²) in [5, 5.41) is 0.482. The Morgan fingerprint density at radius 2 is 1.73 bits per heavy atom. The lowest BCUT2D eigenvalue weighted by molar-refractivity contribution is -0.133. The highest BCUT2D eigenvalue weighted by molar-refractivity contribution is 6.31. The molecule has 0 radical (unpaired) electrons. The third-order valence-electron chi connectivity index (χ3n) is 5.23. The first kappa shape index (κ1) is 22.0. The molecule has 2 amide bonds. The van der Waals surface area contributed by atoms with E-state index < -0.39 is 0 Å². The number of nitrogens with zero attached hydrogens (tertiary/aromatic N) is 2. The summed E-state index contributed by atoms with van der Waals surface area (Å²) in [5.41, 5.74) is 1.51. The number of carbonyl (C=O) groups is 2. The zero-order valence-corrected chi connectivity index (χ0v) is 18.2. The minimum Gasteiger partial charge on any atom is -0.496 e. The molecular weight excluding hydrogens is 404 g/mol. The molecule has 0 spiro atoms. The molecule has 0 saturated carbocycles. The molecule has 0 aromatic heterocycles. The second-order valence-corrected chi connectivity index (χ2v) is 7.56. The van der Waals surface area contributed by atoms with Gasteiger partial charge in [-0.3, -0.25) is 9.59 Å². The molecule has 2 aromatic carbocycles. The third kappa shape index (κ3) is 5.25. The zero-order chi connectivity index (χ0) is 21.5. The average molecular weight is 431 g/mol. The van der Waals surface area contributed by atoms with Crippen LogP contribution in [0, 0.1) is 0 Å². The van der Waals surface area contributed by atoms with Crippen molar-refractivity contribution < 1.29 is 19.1 Å². The van der Waals surface area contributed by atoms with Crippen molar-refractivity contribution in [2.24, 2.45) is 0 Å². The maximum Gasteiger partial charge on any atom is 0.260 e. The number of amides is 2. The molecule has 0 atom stereocenters. The first-order valence-corrected chi connectivity index (χ1v) is 10.5. The summed E-state index contributed by atoms with van der Waals surface area (Å²) < 4.78 is 11.1. The van der Waals surface area contributed by atoms with E-state index in [1.165, 1.54) is 7.11 Å². The number of ether oxygens (including phenoxy) is 2. The average Bonchev–Trinajstić information content (AvgIpc) is 3.03. The summed E-state index contributed by atoms with van der Waals surface area (Å²) in [6, 6.07) is 12.7. The fourth-order valence-electron chi connectivity index (χ4n) is 3.56. The molecule has 6 nitrogen and oxygen atoms in total. The number of hydrogen-bond donors (Lipinski definition) is 0. The fourth-order valence-corrected chi connectivity index (χ4v) is 3.73. The van der Waals surface area contributed by atoms with Crippen LogP contribution in [0.15, 0.2) is 42.5 Å². The summed E-state index contributed by atoms with van der Waals surface area (Å²) in [7, 11) is 1.53. The molecule has 0 aliphatic carbocycles. The fraction of sp³-hybridized carbons (Fsp3) is 0.391. The molecule has 7 heteroatoms.